The molecule has 1 aliphatic heterocycles. The SMILES string of the molecule is Cc1cc(C)cc(N2C(=O)C(Cl)=C(Nc3ccc(C(=O)Nc4ccc(I)cc4C)cc3)C2=O)c1. The van der Waals surface area contributed by atoms with Crippen molar-refractivity contribution >= 4 is 69.0 Å². The molecule has 0 spiro atoms. The van der Waals surface area contributed by atoms with Crippen molar-refractivity contribution in [1.82, 2.24) is 0 Å². The molecule has 0 saturated carbocycles. The number of aryl methyl sites for hydroxylation is 3. The fourth-order valence-corrected chi connectivity index (χ4v) is 4.60. The first-order chi connectivity index (χ1) is 16.1. The van der Waals surface area contributed by atoms with E-state index in [1.807, 2.05) is 45.0 Å². The second kappa shape index (κ2) is 9.60. The van der Waals surface area contributed by atoms with E-state index in [9.17, 15) is 14.4 Å². The van der Waals surface area contributed by atoms with E-state index in [1.165, 1.54) is 0 Å². The lowest BCUT2D eigenvalue weighted by molar-refractivity contribution is -0.120. The van der Waals surface area contributed by atoms with Crippen LogP contribution in [0.3, 0.4) is 0 Å². The number of anilines is 3. The molecular formula is C26H21ClIN3O3. The van der Waals surface area contributed by atoms with Crippen molar-refractivity contribution < 1.29 is 14.4 Å². The van der Waals surface area contributed by atoms with Crippen LogP contribution in [0.5, 0.6) is 0 Å². The molecule has 4 rings (SSSR count). The van der Waals surface area contributed by atoms with Crippen molar-refractivity contribution in [3.8, 4) is 0 Å². The Morgan fingerprint density at radius 1 is 0.882 bits per heavy atom. The molecule has 0 aromatic heterocycles. The van der Waals surface area contributed by atoms with E-state index in [1.54, 1.807) is 36.4 Å². The molecule has 1 heterocycles. The monoisotopic (exact) mass is 585 g/mol. The molecule has 34 heavy (non-hydrogen) atoms. The van der Waals surface area contributed by atoms with Crippen LogP contribution >= 0.6 is 34.2 Å². The van der Waals surface area contributed by atoms with Gasteiger partial charge in [-0.15, -0.1) is 0 Å². The van der Waals surface area contributed by atoms with Crippen LogP contribution in [0.1, 0.15) is 27.0 Å². The first kappa shape index (κ1) is 24.0. The van der Waals surface area contributed by atoms with Gasteiger partial charge in [0.15, 0.2) is 0 Å². The molecule has 0 fully saturated rings. The highest BCUT2D eigenvalue weighted by molar-refractivity contribution is 14.1. The number of halogens is 2. The van der Waals surface area contributed by atoms with E-state index in [0.717, 1.165) is 30.8 Å². The average Bonchev–Trinajstić information content (AvgIpc) is 2.98. The lowest BCUT2D eigenvalue weighted by Gasteiger charge is -2.16. The largest absolute Gasteiger partial charge is 0.350 e. The summed E-state index contributed by atoms with van der Waals surface area (Å²) >= 11 is 8.46. The van der Waals surface area contributed by atoms with Crippen molar-refractivity contribution in [3.63, 3.8) is 0 Å². The zero-order valence-electron chi connectivity index (χ0n) is 18.7. The highest BCUT2D eigenvalue weighted by atomic mass is 127. The zero-order valence-corrected chi connectivity index (χ0v) is 21.6. The molecule has 8 heteroatoms. The van der Waals surface area contributed by atoms with Crippen LogP contribution in [0.4, 0.5) is 17.1 Å². The molecular weight excluding hydrogens is 565 g/mol. The summed E-state index contributed by atoms with van der Waals surface area (Å²) in [4.78, 5) is 39.5. The number of nitrogens with zero attached hydrogens (tertiary/aromatic N) is 1. The number of imide groups is 1. The molecule has 0 atom stereocenters. The molecule has 0 aliphatic carbocycles. The standard InChI is InChI=1S/C26H21ClIN3O3/c1-14-10-15(2)12-20(11-14)31-25(33)22(27)23(26(31)34)29-19-7-4-17(5-8-19)24(32)30-21-9-6-18(28)13-16(21)3/h4-13,29H,1-3H3,(H,30,32). The van der Waals surface area contributed by atoms with Gasteiger partial charge in [-0.1, -0.05) is 17.7 Å². The van der Waals surface area contributed by atoms with Crippen LogP contribution in [0.25, 0.3) is 0 Å². The number of hydrogen-bond donors (Lipinski definition) is 2. The quantitative estimate of drug-likeness (QED) is 0.289. The Bertz CT molecular complexity index is 1350. The third-order valence-electron chi connectivity index (χ3n) is 5.35. The smallest absolute Gasteiger partial charge is 0.283 e. The van der Waals surface area contributed by atoms with Gasteiger partial charge in [0.05, 0.1) is 5.69 Å². The summed E-state index contributed by atoms with van der Waals surface area (Å²) in [7, 11) is 0. The van der Waals surface area contributed by atoms with Crippen molar-refractivity contribution in [3.05, 3.63) is 97.2 Å². The number of hydrogen-bond acceptors (Lipinski definition) is 4. The lowest BCUT2D eigenvalue weighted by atomic mass is 10.1. The van der Waals surface area contributed by atoms with Crippen molar-refractivity contribution in [2.45, 2.75) is 20.8 Å². The van der Waals surface area contributed by atoms with Crippen molar-refractivity contribution in [2.75, 3.05) is 15.5 Å². The Hall–Kier alpha value is -3.17. The number of nitrogens with one attached hydrogen (secondary N) is 2. The van der Waals surface area contributed by atoms with Gasteiger partial charge in [-0.2, -0.15) is 0 Å². The molecule has 0 unspecified atom stereocenters. The van der Waals surface area contributed by atoms with Gasteiger partial charge in [-0.05, 0) is 115 Å². The van der Waals surface area contributed by atoms with Gasteiger partial charge in [0.1, 0.15) is 10.7 Å². The summed E-state index contributed by atoms with van der Waals surface area (Å²) in [5.41, 5.74) is 5.03. The maximum Gasteiger partial charge on any atom is 0.283 e. The Morgan fingerprint density at radius 2 is 1.53 bits per heavy atom. The molecule has 3 aromatic carbocycles. The number of amides is 3. The Morgan fingerprint density at radius 3 is 2.15 bits per heavy atom. The second-order valence-corrected chi connectivity index (χ2v) is 9.72. The van der Waals surface area contributed by atoms with E-state index >= 15 is 0 Å². The summed E-state index contributed by atoms with van der Waals surface area (Å²) in [6.45, 7) is 5.73. The molecule has 0 saturated heterocycles. The topological polar surface area (TPSA) is 78.5 Å². The van der Waals surface area contributed by atoms with Crippen LogP contribution in [0, 0.1) is 24.3 Å². The minimum absolute atomic E-state index is 0.00228. The Kier molecular flexibility index (Phi) is 6.77. The molecule has 3 amide bonds. The van der Waals surface area contributed by atoms with Gasteiger partial charge in [-0.3, -0.25) is 14.4 Å². The Labute approximate surface area is 216 Å². The maximum absolute atomic E-state index is 13.0. The summed E-state index contributed by atoms with van der Waals surface area (Å²) in [5, 5.41) is 5.65. The predicted octanol–water partition coefficient (Wildman–Crippen LogP) is 5.90. The second-order valence-electron chi connectivity index (χ2n) is 8.10. The van der Waals surface area contributed by atoms with Crippen LogP contribution in [-0.2, 0) is 9.59 Å². The van der Waals surface area contributed by atoms with E-state index in [-0.39, 0.29) is 16.6 Å². The van der Waals surface area contributed by atoms with Gasteiger partial charge in [0, 0.05) is 20.5 Å². The van der Waals surface area contributed by atoms with Gasteiger partial charge < -0.3 is 10.6 Å². The highest BCUT2D eigenvalue weighted by Gasteiger charge is 2.39. The first-order valence-electron chi connectivity index (χ1n) is 10.5. The highest BCUT2D eigenvalue weighted by Crippen LogP contribution is 2.31. The van der Waals surface area contributed by atoms with Gasteiger partial charge in [-0.25, -0.2) is 4.90 Å². The summed E-state index contributed by atoms with van der Waals surface area (Å²) in [6.07, 6.45) is 0. The fraction of sp³-hybridized carbons (Fsp3) is 0.115. The summed E-state index contributed by atoms with van der Waals surface area (Å²) in [6, 6.07) is 17.8. The minimum atomic E-state index is -0.581. The molecule has 0 bridgehead atoms. The third kappa shape index (κ3) is 4.85. The van der Waals surface area contributed by atoms with Crippen LogP contribution < -0.4 is 15.5 Å². The van der Waals surface area contributed by atoms with Crippen molar-refractivity contribution in [2.24, 2.45) is 0 Å². The predicted molar refractivity (Wildman–Crippen MR) is 143 cm³/mol. The van der Waals surface area contributed by atoms with Gasteiger partial charge in [0.25, 0.3) is 17.7 Å². The van der Waals surface area contributed by atoms with Crippen LogP contribution in [-0.4, -0.2) is 17.7 Å². The van der Waals surface area contributed by atoms with Gasteiger partial charge in [0.2, 0.25) is 0 Å². The number of rotatable bonds is 5. The van der Waals surface area contributed by atoms with E-state index in [2.05, 4.69) is 33.2 Å². The van der Waals surface area contributed by atoms with Crippen LogP contribution in [0.2, 0.25) is 0 Å². The number of carbonyl (C=O) groups excluding carboxylic acids is 3. The first-order valence-corrected chi connectivity index (χ1v) is 11.9. The number of benzene rings is 3. The fourth-order valence-electron chi connectivity index (χ4n) is 3.74. The number of carbonyl (C=O) groups is 3. The molecule has 1 aliphatic rings. The third-order valence-corrected chi connectivity index (χ3v) is 6.37. The van der Waals surface area contributed by atoms with E-state index < -0.39 is 11.8 Å². The summed E-state index contributed by atoms with van der Waals surface area (Å²) in [5.74, 6) is -1.36. The van der Waals surface area contributed by atoms with E-state index in [4.69, 9.17) is 11.6 Å². The molecule has 2 N–H and O–H groups in total. The lowest BCUT2D eigenvalue weighted by Crippen LogP contribution is -2.32. The minimum Gasteiger partial charge on any atom is -0.350 e. The van der Waals surface area contributed by atoms with Crippen molar-refractivity contribution in [1.29, 1.82) is 0 Å². The zero-order chi connectivity index (χ0) is 24.6. The molecule has 0 radical (unpaired) electrons. The maximum atomic E-state index is 13.0. The normalized spacial score (nSPS) is 13.5. The van der Waals surface area contributed by atoms with Gasteiger partial charge >= 0.3 is 0 Å². The molecule has 6 nitrogen and oxygen atoms in total. The molecule has 172 valence electrons. The summed E-state index contributed by atoms with van der Waals surface area (Å²) < 4.78 is 1.09. The average molecular weight is 586 g/mol. The van der Waals surface area contributed by atoms with E-state index in [0.29, 0.717) is 16.9 Å². The molecule has 3 aromatic rings. The Balaban J connectivity index is 1.50. The van der Waals surface area contributed by atoms with Crippen LogP contribution in [0.15, 0.2) is 71.4 Å².